The van der Waals surface area contributed by atoms with E-state index in [0.717, 1.165) is 12.8 Å². The Labute approximate surface area is 146 Å². The number of hydrogen-bond donors (Lipinski definition) is 2. The third-order valence-electron chi connectivity index (χ3n) is 4.16. The summed E-state index contributed by atoms with van der Waals surface area (Å²) in [5.41, 5.74) is 0.312. The molecule has 6 heteroatoms. The summed E-state index contributed by atoms with van der Waals surface area (Å²) in [4.78, 5) is 11.8. The van der Waals surface area contributed by atoms with Crippen molar-refractivity contribution in [3.8, 4) is 11.5 Å². The fraction of sp³-hybridized carbons (Fsp3) is 0.533. The predicted octanol–water partition coefficient (Wildman–Crippen LogP) is -0.903. The molecule has 1 aromatic rings. The van der Waals surface area contributed by atoms with Crippen molar-refractivity contribution in [3.05, 3.63) is 23.3 Å². The molecule has 0 amide bonds. The van der Waals surface area contributed by atoms with Crippen molar-refractivity contribution in [2.75, 3.05) is 14.2 Å². The first kappa shape index (κ1) is 18.3. The molecule has 0 heterocycles. The Morgan fingerprint density at radius 1 is 1.19 bits per heavy atom. The zero-order valence-corrected chi connectivity index (χ0v) is 14.8. The second-order valence-corrected chi connectivity index (χ2v) is 5.12. The normalized spacial score (nSPS) is 16.1. The number of aliphatic hydroxyl groups excluding tert-OH is 1. The summed E-state index contributed by atoms with van der Waals surface area (Å²) in [6, 6.07) is 3.36. The molecule has 1 fully saturated rings. The number of ether oxygens (including phenoxy) is 2. The topological polar surface area (TPSA) is 76.0 Å². The number of hydrogen-bond acceptors (Lipinski definition) is 4. The summed E-state index contributed by atoms with van der Waals surface area (Å²) in [5, 5.41) is 19.2. The Bertz CT molecular complexity index is 509. The first-order valence-corrected chi connectivity index (χ1v) is 6.68. The smallest absolute Gasteiger partial charge is 0.493 e. The van der Waals surface area contributed by atoms with E-state index in [1.54, 1.807) is 12.1 Å². The number of rotatable bonds is 5. The third kappa shape index (κ3) is 3.21. The van der Waals surface area contributed by atoms with Crippen LogP contribution in [0.1, 0.15) is 36.8 Å². The predicted molar refractivity (Wildman–Crippen MR) is 73.3 cm³/mol. The molecule has 1 aromatic carbocycles. The van der Waals surface area contributed by atoms with E-state index in [1.807, 2.05) is 0 Å². The van der Waals surface area contributed by atoms with Gasteiger partial charge in [-0.3, -0.25) is 4.79 Å². The number of carbonyl (C=O) groups is 1. The first-order valence-electron chi connectivity index (χ1n) is 6.68. The van der Waals surface area contributed by atoms with Gasteiger partial charge in [0.15, 0.2) is 11.5 Å². The van der Waals surface area contributed by atoms with Crippen molar-refractivity contribution < 1.29 is 54.0 Å². The Morgan fingerprint density at radius 3 is 2.14 bits per heavy atom. The SMILES string of the molecule is COc1cc(CO)c(C2(C(=O)O)CCCC2)cc1OC.[Na+]. The van der Waals surface area contributed by atoms with Gasteiger partial charge in [0.1, 0.15) is 0 Å². The van der Waals surface area contributed by atoms with E-state index in [0.29, 0.717) is 35.5 Å². The van der Waals surface area contributed by atoms with E-state index in [-0.39, 0.29) is 36.2 Å². The van der Waals surface area contributed by atoms with Gasteiger partial charge in [-0.2, -0.15) is 0 Å². The molecule has 0 unspecified atom stereocenters. The van der Waals surface area contributed by atoms with E-state index in [1.165, 1.54) is 14.2 Å². The van der Waals surface area contributed by atoms with E-state index in [9.17, 15) is 15.0 Å². The van der Waals surface area contributed by atoms with Gasteiger partial charge in [-0.15, -0.1) is 0 Å². The van der Waals surface area contributed by atoms with Crippen molar-refractivity contribution in [3.63, 3.8) is 0 Å². The molecule has 0 atom stereocenters. The standard InChI is InChI=1S/C15H20O5.Na/c1-19-12-7-10(9-16)11(8-13(12)20-2)15(14(17)18)5-3-4-6-15;/h7-8,16H,3-6,9H2,1-2H3,(H,17,18);/q;+1. The maximum atomic E-state index is 11.8. The summed E-state index contributed by atoms with van der Waals surface area (Å²) < 4.78 is 10.5. The molecule has 0 spiro atoms. The van der Waals surface area contributed by atoms with Crippen molar-refractivity contribution in [1.29, 1.82) is 0 Å². The van der Waals surface area contributed by atoms with Gasteiger partial charge in [0.25, 0.3) is 0 Å². The number of benzene rings is 1. The Kier molecular flexibility index (Phi) is 6.53. The Balaban J connectivity index is 0.00000220. The average Bonchev–Trinajstić information content (AvgIpc) is 2.96. The van der Waals surface area contributed by atoms with Crippen LogP contribution in [0.4, 0.5) is 0 Å². The number of carboxylic acid groups (broad SMARTS) is 1. The molecule has 21 heavy (non-hydrogen) atoms. The minimum absolute atomic E-state index is 0. The molecule has 1 saturated carbocycles. The van der Waals surface area contributed by atoms with Gasteiger partial charge in [0, 0.05) is 0 Å². The summed E-state index contributed by atoms with van der Waals surface area (Å²) in [7, 11) is 3.03. The third-order valence-corrected chi connectivity index (χ3v) is 4.16. The van der Waals surface area contributed by atoms with Crippen LogP contribution < -0.4 is 39.0 Å². The van der Waals surface area contributed by atoms with Crippen LogP contribution in [0.2, 0.25) is 0 Å². The largest absolute Gasteiger partial charge is 1.00 e. The van der Waals surface area contributed by atoms with Crippen molar-refractivity contribution in [1.82, 2.24) is 0 Å². The molecule has 1 aliphatic carbocycles. The van der Waals surface area contributed by atoms with Crippen molar-refractivity contribution >= 4 is 5.97 Å². The van der Waals surface area contributed by atoms with Gasteiger partial charge in [-0.25, -0.2) is 0 Å². The molecule has 5 nitrogen and oxygen atoms in total. The molecule has 0 radical (unpaired) electrons. The molecule has 0 saturated heterocycles. The number of carboxylic acids is 1. The van der Waals surface area contributed by atoms with Crippen LogP contribution in [0, 0.1) is 0 Å². The summed E-state index contributed by atoms with van der Waals surface area (Å²) >= 11 is 0. The quantitative estimate of drug-likeness (QED) is 0.689. The fourth-order valence-electron chi connectivity index (χ4n) is 3.07. The maximum Gasteiger partial charge on any atom is 1.00 e. The average molecular weight is 303 g/mol. The molecular formula is C15H20NaO5+. The first-order chi connectivity index (χ1) is 9.58. The van der Waals surface area contributed by atoms with E-state index >= 15 is 0 Å². The van der Waals surface area contributed by atoms with Crippen LogP contribution in [0.25, 0.3) is 0 Å². The van der Waals surface area contributed by atoms with Crippen LogP contribution in [0.5, 0.6) is 11.5 Å². The van der Waals surface area contributed by atoms with Crippen LogP contribution in [0.3, 0.4) is 0 Å². The molecule has 1 aliphatic rings. The Hall–Kier alpha value is -0.750. The van der Waals surface area contributed by atoms with Crippen molar-refractivity contribution in [2.24, 2.45) is 0 Å². The van der Waals surface area contributed by atoms with Gasteiger partial charge in [0.05, 0.1) is 26.2 Å². The second kappa shape index (κ2) is 7.49. The molecule has 110 valence electrons. The van der Waals surface area contributed by atoms with Gasteiger partial charge >= 0.3 is 35.5 Å². The molecule has 0 aliphatic heterocycles. The molecule has 2 N–H and O–H groups in total. The summed E-state index contributed by atoms with van der Waals surface area (Å²) in [5.74, 6) is 0.156. The molecule has 0 aromatic heterocycles. The van der Waals surface area contributed by atoms with E-state index in [2.05, 4.69) is 0 Å². The van der Waals surface area contributed by atoms with Gasteiger partial charge in [0.2, 0.25) is 0 Å². The summed E-state index contributed by atoms with van der Waals surface area (Å²) in [6.07, 6.45) is 2.94. The molecule has 2 rings (SSSR count). The second-order valence-electron chi connectivity index (χ2n) is 5.12. The van der Waals surface area contributed by atoms with Crippen molar-refractivity contribution in [2.45, 2.75) is 37.7 Å². The van der Waals surface area contributed by atoms with E-state index < -0.39 is 11.4 Å². The number of aliphatic carboxylic acids is 1. The van der Waals surface area contributed by atoms with Gasteiger partial charge in [-0.1, -0.05) is 12.8 Å². The van der Waals surface area contributed by atoms with Crippen LogP contribution >= 0.6 is 0 Å². The van der Waals surface area contributed by atoms with Crippen LogP contribution in [-0.2, 0) is 16.8 Å². The van der Waals surface area contributed by atoms with E-state index in [4.69, 9.17) is 9.47 Å². The number of methoxy groups -OCH3 is 2. The molecular weight excluding hydrogens is 283 g/mol. The zero-order valence-electron chi connectivity index (χ0n) is 12.8. The van der Waals surface area contributed by atoms with Crippen LogP contribution in [0.15, 0.2) is 12.1 Å². The monoisotopic (exact) mass is 303 g/mol. The van der Waals surface area contributed by atoms with Gasteiger partial charge < -0.3 is 19.7 Å². The minimum atomic E-state index is -0.919. The molecule has 0 bridgehead atoms. The van der Waals surface area contributed by atoms with Gasteiger partial charge in [-0.05, 0) is 36.1 Å². The van der Waals surface area contributed by atoms with Crippen LogP contribution in [-0.4, -0.2) is 30.4 Å². The number of aliphatic hydroxyl groups is 1. The maximum absolute atomic E-state index is 11.8. The zero-order chi connectivity index (χ0) is 14.8. The fourth-order valence-corrected chi connectivity index (χ4v) is 3.07. The Morgan fingerprint density at radius 2 is 1.71 bits per heavy atom. The minimum Gasteiger partial charge on any atom is -0.493 e. The summed E-state index contributed by atoms with van der Waals surface area (Å²) in [6.45, 7) is -0.218.